The van der Waals surface area contributed by atoms with Crippen molar-refractivity contribution in [3.8, 4) is 11.5 Å². The second kappa shape index (κ2) is 7.43. The van der Waals surface area contributed by atoms with E-state index >= 15 is 0 Å². The lowest BCUT2D eigenvalue weighted by atomic mass is 10.2. The van der Waals surface area contributed by atoms with Crippen molar-refractivity contribution in [3.63, 3.8) is 0 Å². The van der Waals surface area contributed by atoms with Gasteiger partial charge in [-0.15, -0.1) is 0 Å². The molecular formula is C20H19N5O3. The van der Waals surface area contributed by atoms with Gasteiger partial charge in [0.15, 0.2) is 11.5 Å². The monoisotopic (exact) mass is 377 g/mol. The fourth-order valence-electron chi connectivity index (χ4n) is 2.66. The summed E-state index contributed by atoms with van der Waals surface area (Å²) >= 11 is 0. The molecule has 0 aliphatic carbocycles. The van der Waals surface area contributed by atoms with Crippen molar-refractivity contribution in [2.24, 2.45) is 0 Å². The summed E-state index contributed by atoms with van der Waals surface area (Å²) in [6.45, 7) is 0.219. The molecule has 8 heteroatoms. The third kappa shape index (κ3) is 3.80. The van der Waals surface area contributed by atoms with Crippen LogP contribution in [0.25, 0.3) is 0 Å². The first-order valence-corrected chi connectivity index (χ1v) is 8.66. The molecule has 2 N–H and O–H groups in total. The summed E-state index contributed by atoms with van der Waals surface area (Å²) in [4.78, 5) is 22.8. The Kier molecular flexibility index (Phi) is 4.67. The van der Waals surface area contributed by atoms with Crippen molar-refractivity contribution in [2.45, 2.75) is 0 Å². The first-order chi connectivity index (χ1) is 13.6. The Morgan fingerprint density at radius 2 is 1.64 bits per heavy atom. The average Bonchev–Trinajstić information content (AvgIpc) is 3.17. The van der Waals surface area contributed by atoms with E-state index in [1.807, 2.05) is 61.5 Å². The van der Waals surface area contributed by atoms with Crippen LogP contribution in [0.2, 0.25) is 0 Å². The van der Waals surface area contributed by atoms with Gasteiger partial charge >= 0.3 is 0 Å². The summed E-state index contributed by atoms with van der Waals surface area (Å²) in [7, 11) is 3.92. The zero-order chi connectivity index (χ0) is 19.5. The molecule has 1 aliphatic rings. The van der Waals surface area contributed by atoms with Gasteiger partial charge in [-0.2, -0.15) is 0 Å². The average molecular weight is 377 g/mol. The number of hydrogen-bond acceptors (Lipinski definition) is 7. The smallest absolute Gasteiger partial charge is 0.258 e. The Labute approximate surface area is 162 Å². The fraction of sp³-hybridized carbons (Fsp3) is 0.150. The number of hydrogen-bond donors (Lipinski definition) is 2. The van der Waals surface area contributed by atoms with Gasteiger partial charge in [0.2, 0.25) is 12.7 Å². The Morgan fingerprint density at radius 3 is 2.36 bits per heavy atom. The summed E-state index contributed by atoms with van der Waals surface area (Å²) in [5.74, 6) is 1.48. The van der Waals surface area contributed by atoms with Crippen LogP contribution in [0.5, 0.6) is 11.5 Å². The molecule has 3 aromatic rings. The van der Waals surface area contributed by atoms with Gasteiger partial charge in [-0.3, -0.25) is 4.79 Å². The highest BCUT2D eigenvalue weighted by molar-refractivity contribution is 6.04. The van der Waals surface area contributed by atoms with Crippen molar-refractivity contribution in [1.29, 1.82) is 0 Å². The quantitative estimate of drug-likeness (QED) is 0.705. The van der Waals surface area contributed by atoms with Crippen LogP contribution in [0.3, 0.4) is 0 Å². The zero-order valence-electron chi connectivity index (χ0n) is 15.5. The number of benzene rings is 2. The van der Waals surface area contributed by atoms with Gasteiger partial charge in [0.1, 0.15) is 0 Å². The van der Waals surface area contributed by atoms with E-state index < -0.39 is 0 Å². The normalized spacial score (nSPS) is 11.8. The van der Waals surface area contributed by atoms with Gasteiger partial charge in [0.25, 0.3) is 5.91 Å². The van der Waals surface area contributed by atoms with Crippen LogP contribution in [0.15, 0.2) is 54.9 Å². The van der Waals surface area contributed by atoms with Crippen molar-refractivity contribution in [2.75, 3.05) is 36.4 Å². The second-order valence-electron chi connectivity index (χ2n) is 6.38. The highest BCUT2D eigenvalue weighted by Crippen LogP contribution is 2.34. The van der Waals surface area contributed by atoms with E-state index in [9.17, 15) is 4.79 Å². The minimum absolute atomic E-state index is 0.219. The zero-order valence-corrected chi connectivity index (χ0v) is 15.5. The summed E-state index contributed by atoms with van der Waals surface area (Å²) in [6.07, 6.45) is 2.96. The number of rotatable bonds is 5. The van der Waals surface area contributed by atoms with Gasteiger partial charge in [-0.05, 0) is 36.4 Å². The van der Waals surface area contributed by atoms with Crippen LogP contribution in [0.1, 0.15) is 10.4 Å². The van der Waals surface area contributed by atoms with E-state index in [0.29, 0.717) is 28.7 Å². The molecule has 2 heterocycles. The molecule has 8 nitrogen and oxygen atoms in total. The molecule has 0 atom stereocenters. The molecule has 1 aromatic heterocycles. The van der Waals surface area contributed by atoms with E-state index in [0.717, 1.165) is 11.4 Å². The fourth-order valence-corrected chi connectivity index (χ4v) is 2.66. The summed E-state index contributed by atoms with van der Waals surface area (Å²) in [5.41, 5.74) is 2.90. The van der Waals surface area contributed by atoms with Gasteiger partial charge in [-0.1, -0.05) is 0 Å². The maximum absolute atomic E-state index is 12.4. The maximum atomic E-state index is 12.4. The SMILES string of the molecule is CN(C)c1ccc(NC(=O)c2cnc(Nc3ccc4c(c3)OCO4)nc2)cc1. The molecule has 0 fully saturated rings. The Morgan fingerprint density at radius 1 is 0.964 bits per heavy atom. The van der Waals surface area contributed by atoms with Gasteiger partial charge in [0, 0.05) is 49.6 Å². The number of ether oxygens (including phenoxy) is 2. The Hall–Kier alpha value is -3.81. The number of anilines is 4. The predicted molar refractivity (Wildman–Crippen MR) is 107 cm³/mol. The molecule has 0 unspecified atom stereocenters. The van der Waals surface area contributed by atoms with E-state index in [1.165, 1.54) is 12.4 Å². The number of nitrogens with one attached hydrogen (secondary N) is 2. The lowest BCUT2D eigenvalue weighted by Crippen LogP contribution is -2.13. The summed E-state index contributed by atoms with van der Waals surface area (Å²) < 4.78 is 10.6. The topological polar surface area (TPSA) is 88.6 Å². The van der Waals surface area contributed by atoms with Crippen molar-refractivity contribution in [3.05, 3.63) is 60.4 Å². The molecule has 2 aromatic carbocycles. The summed E-state index contributed by atoms with van der Waals surface area (Å²) in [6, 6.07) is 13.0. The lowest BCUT2D eigenvalue weighted by Gasteiger charge is -2.13. The number of nitrogens with zero attached hydrogens (tertiary/aromatic N) is 3. The molecule has 28 heavy (non-hydrogen) atoms. The van der Waals surface area contributed by atoms with Crippen LogP contribution >= 0.6 is 0 Å². The highest BCUT2D eigenvalue weighted by Gasteiger charge is 2.14. The van der Waals surface area contributed by atoms with Crippen LogP contribution in [-0.2, 0) is 0 Å². The molecule has 0 bridgehead atoms. The van der Waals surface area contributed by atoms with Crippen LogP contribution in [0.4, 0.5) is 23.0 Å². The first-order valence-electron chi connectivity index (χ1n) is 8.66. The van der Waals surface area contributed by atoms with E-state index in [4.69, 9.17) is 9.47 Å². The second-order valence-corrected chi connectivity index (χ2v) is 6.38. The number of carbonyl (C=O) groups is 1. The molecule has 0 saturated carbocycles. The van der Waals surface area contributed by atoms with E-state index in [-0.39, 0.29) is 12.7 Å². The molecule has 0 spiro atoms. The van der Waals surface area contributed by atoms with Crippen molar-refractivity contribution in [1.82, 2.24) is 9.97 Å². The third-order valence-electron chi connectivity index (χ3n) is 4.18. The molecular weight excluding hydrogens is 358 g/mol. The molecule has 1 aliphatic heterocycles. The van der Waals surface area contributed by atoms with Crippen LogP contribution in [0, 0.1) is 0 Å². The number of aromatic nitrogens is 2. The molecule has 1 amide bonds. The Balaban J connectivity index is 1.40. The predicted octanol–water partition coefficient (Wildman–Crippen LogP) is 3.27. The first kappa shape index (κ1) is 17.6. The molecule has 142 valence electrons. The maximum Gasteiger partial charge on any atom is 0.258 e. The Bertz CT molecular complexity index is 988. The molecule has 0 radical (unpaired) electrons. The minimum atomic E-state index is -0.271. The third-order valence-corrected chi connectivity index (χ3v) is 4.18. The van der Waals surface area contributed by atoms with Crippen LogP contribution in [-0.4, -0.2) is 36.8 Å². The number of fused-ring (bicyclic) bond motifs is 1. The number of carbonyl (C=O) groups excluding carboxylic acids is 1. The van der Waals surface area contributed by atoms with Gasteiger partial charge in [-0.25, -0.2) is 9.97 Å². The standard InChI is InChI=1S/C20H19N5O3/c1-25(2)16-6-3-14(4-7-16)23-19(26)13-10-21-20(22-11-13)24-15-5-8-17-18(9-15)28-12-27-17/h3-11H,12H2,1-2H3,(H,23,26)(H,21,22,24). The highest BCUT2D eigenvalue weighted by atomic mass is 16.7. The van der Waals surface area contributed by atoms with Crippen molar-refractivity contribution < 1.29 is 14.3 Å². The summed E-state index contributed by atoms with van der Waals surface area (Å²) in [5, 5.41) is 5.91. The van der Waals surface area contributed by atoms with Crippen molar-refractivity contribution >= 4 is 28.9 Å². The van der Waals surface area contributed by atoms with E-state index in [1.54, 1.807) is 0 Å². The molecule has 0 saturated heterocycles. The minimum Gasteiger partial charge on any atom is -0.454 e. The van der Waals surface area contributed by atoms with Gasteiger partial charge < -0.3 is 25.0 Å². The van der Waals surface area contributed by atoms with E-state index in [2.05, 4.69) is 20.6 Å². The molecule has 4 rings (SSSR count). The largest absolute Gasteiger partial charge is 0.454 e. The van der Waals surface area contributed by atoms with Gasteiger partial charge in [0.05, 0.1) is 5.56 Å². The number of amides is 1. The van der Waals surface area contributed by atoms with Crippen LogP contribution < -0.4 is 25.0 Å². The lowest BCUT2D eigenvalue weighted by molar-refractivity contribution is 0.102.